The summed E-state index contributed by atoms with van der Waals surface area (Å²) in [6.07, 6.45) is 4.16. The predicted molar refractivity (Wildman–Crippen MR) is 86.2 cm³/mol. The highest BCUT2D eigenvalue weighted by Crippen LogP contribution is 2.58. The number of hydrogen-bond acceptors (Lipinski definition) is 0. The van der Waals surface area contributed by atoms with Crippen molar-refractivity contribution in [1.29, 1.82) is 0 Å². The van der Waals surface area contributed by atoms with E-state index >= 15 is 0 Å². The van der Waals surface area contributed by atoms with Crippen LogP contribution in [0, 0.1) is 0 Å². The van der Waals surface area contributed by atoms with Gasteiger partial charge in [0.25, 0.3) is 0 Å². The first-order chi connectivity index (χ1) is 8.45. The molecule has 0 aromatic heterocycles. The lowest BCUT2D eigenvalue weighted by Gasteiger charge is -2.21. The Kier molecular flexibility index (Phi) is 4.61. The zero-order valence-corrected chi connectivity index (χ0v) is 10.8. The Hall–Kier alpha value is -1.07. The molecule has 2 aromatic carbocycles. The van der Waals surface area contributed by atoms with Crippen molar-refractivity contribution in [2.24, 2.45) is 0 Å². The fourth-order valence-electron chi connectivity index (χ4n) is 2.72. The maximum atomic E-state index is 2.31. The van der Waals surface area contributed by atoms with E-state index in [0.717, 1.165) is 5.66 Å². The Morgan fingerprint density at radius 2 is 1.44 bits per heavy atom. The van der Waals surface area contributed by atoms with Crippen molar-refractivity contribution < 1.29 is 0 Å². The van der Waals surface area contributed by atoms with Crippen LogP contribution in [0.1, 0.15) is 24.1 Å². The van der Waals surface area contributed by atoms with Gasteiger partial charge < -0.3 is 0 Å². The molecule has 1 heterocycles. The molecule has 2 heteroatoms. The fourth-order valence-corrected chi connectivity index (χ4v) is 5.75. The van der Waals surface area contributed by atoms with Crippen molar-refractivity contribution in [2.45, 2.75) is 18.5 Å². The van der Waals surface area contributed by atoms with Crippen LogP contribution in [0.3, 0.4) is 0 Å². The van der Waals surface area contributed by atoms with E-state index in [1.807, 2.05) is 0 Å². The van der Waals surface area contributed by atoms with Crippen molar-refractivity contribution in [3.63, 3.8) is 0 Å². The van der Waals surface area contributed by atoms with E-state index in [0.29, 0.717) is 0 Å². The van der Waals surface area contributed by atoms with Crippen molar-refractivity contribution in [3.05, 3.63) is 66.2 Å². The fraction of sp³-hybridized carbons (Fsp3) is 0.250. The van der Waals surface area contributed by atoms with Crippen LogP contribution in [-0.4, -0.2) is 14.6 Å². The van der Waals surface area contributed by atoms with Crippen LogP contribution in [-0.2, 0) is 0 Å². The van der Waals surface area contributed by atoms with E-state index in [9.17, 15) is 0 Å². The van der Waals surface area contributed by atoms with Gasteiger partial charge in [0.2, 0.25) is 0 Å². The average molecular weight is 254 g/mol. The molecule has 2 atom stereocenters. The van der Waals surface area contributed by atoms with Gasteiger partial charge in [-0.1, -0.05) is 68.6 Å². The summed E-state index contributed by atoms with van der Waals surface area (Å²) in [4.78, 5) is 0. The third-order valence-electron chi connectivity index (χ3n) is 3.52. The molecule has 3 rings (SSSR count). The van der Waals surface area contributed by atoms with E-state index in [1.165, 1.54) is 19.0 Å². The summed E-state index contributed by atoms with van der Waals surface area (Å²) < 4.78 is 0. The van der Waals surface area contributed by atoms with Crippen molar-refractivity contribution in [3.8, 4) is 0 Å². The van der Waals surface area contributed by atoms with E-state index in [-0.39, 0.29) is 16.3 Å². The molecule has 0 nitrogen and oxygen atoms in total. The Labute approximate surface area is 113 Å². The Balaban J connectivity index is 0.00000120. The summed E-state index contributed by atoms with van der Waals surface area (Å²) >= 11 is 0. The topological polar surface area (TPSA) is 0 Å². The van der Waals surface area contributed by atoms with Gasteiger partial charge in [-0.3, -0.25) is 0 Å². The first-order valence-corrected chi connectivity index (χ1v) is 7.91. The maximum Gasteiger partial charge on any atom is 0.0814 e. The number of rotatable bonds is 2. The molecule has 0 spiro atoms. The van der Waals surface area contributed by atoms with E-state index in [1.54, 1.807) is 10.9 Å². The van der Waals surface area contributed by atoms with E-state index < -0.39 is 0 Å². The summed E-state index contributed by atoms with van der Waals surface area (Å²) in [6.45, 7) is 0. The molecule has 0 radical (unpaired) electrons. The summed E-state index contributed by atoms with van der Waals surface area (Å²) in [7, 11) is 0.0201. The van der Waals surface area contributed by atoms with Gasteiger partial charge >= 0.3 is 0 Å². The van der Waals surface area contributed by atoms with Gasteiger partial charge in [0.05, 0.1) is 8.41 Å². The van der Waals surface area contributed by atoms with Gasteiger partial charge in [-0.2, -0.15) is 0 Å². The summed E-state index contributed by atoms with van der Waals surface area (Å²) in [6, 6.07) is 22.2. The third-order valence-corrected chi connectivity index (χ3v) is 6.59. The van der Waals surface area contributed by atoms with Crippen LogP contribution >= 0.6 is 7.92 Å². The molecule has 92 valence electrons. The van der Waals surface area contributed by atoms with Crippen LogP contribution in [0.25, 0.3) is 0 Å². The van der Waals surface area contributed by atoms with Gasteiger partial charge in [0.1, 0.15) is 0 Å². The first kappa shape index (κ1) is 13.4. The molecule has 0 N–H and O–H groups in total. The molecule has 0 amide bonds. The normalized spacial score (nSPS) is 22.4. The Morgan fingerprint density at radius 1 is 0.833 bits per heavy atom. The van der Waals surface area contributed by atoms with Crippen LogP contribution in [0.5, 0.6) is 0 Å². The van der Waals surface area contributed by atoms with Gasteiger partial charge in [-0.15, -0.1) is 0 Å². The van der Waals surface area contributed by atoms with Gasteiger partial charge in [-0.05, 0) is 29.9 Å². The monoisotopic (exact) mass is 254 g/mol. The molecule has 0 aliphatic carbocycles. The summed E-state index contributed by atoms with van der Waals surface area (Å²) in [5, 5.41) is 1.58. The summed E-state index contributed by atoms with van der Waals surface area (Å²) in [5.41, 5.74) is 2.33. The molecule has 1 fully saturated rings. The molecular weight excluding hydrogens is 234 g/mol. The third kappa shape index (κ3) is 2.67. The SMILES string of the molecule is B.c1ccc(C2CCC[P@]2c2ccccc2)cc1. The minimum atomic E-state index is 0. The molecule has 0 bridgehead atoms. The molecule has 1 unspecified atom stereocenters. The minimum Gasteiger partial charge on any atom is -0.0677 e. The lowest BCUT2D eigenvalue weighted by Crippen LogP contribution is -2.04. The molecule has 0 saturated carbocycles. The highest BCUT2D eigenvalue weighted by Gasteiger charge is 2.28. The van der Waals surface area contributed by atoms with Crippen molar-refractivity contribution >= 4 is 21.6 Å². The largest absolute Gasteiger partial charge is 0.0814 e. The van der Waals surface area contributed by atoms with E-state index in [4.69, 9.17) is 0 Å². The first-order valence-electron chi connectivity index (χ1n) is 6.32. The molecule has 1 saturated heterocycles. The van der Waals surface area contributed by atoms with Crippen LogP contribution in [0.4, 0.5) is 0 Å². The number of hydrogen-bond donors (Lipinski definition) is 0. The lowest BCUT2D eigenvalue weighted by molar-refractivity contribution is 0.827. The molecular formula is C16H20BP. The number of benzene rings is 2. The van der Waals surface area contributed by atoms with Gasteiger partial charge in [0.15, 0.2) is 0 Å². The van der Waals surface area contributed by atoms with E-state index in [2.05, 4.69) is 60.7 Å². The van der Waals surface area contributed by atoms with Crippen LogP contribution < -0.4 is 5.30 Å². The van der Waals surface area contributed by atoms with Gasteiger partial charge in [0, 0.05) is 5.66 Å². The van der Waals surface area contributed by atoms with Crippen LogP contribution in [0.2, 0.25) is 0 Å². The van der Waals surface area contributed by atoms with Crippen LogP contribution in [0.15, 0.2) is 60.7 Å². The maximum absolute atomic E-state index is 2.31. The minimum absolute atomic E-state index is 0. The zero-order chi connectivity index (χ0) is 11.5. The second kappa shape index (κ2) is 6.20. The predicted octanol–water partition coefficient (Wildman–Crippen LogP) is 3.15. The highest BCUT2D eigenvalue weighted by molar-refractivity contribution is 7.66. The Morgan fingerprint density at radius 3 is 2.11 bits per heavy atom. The second-order valence-electron chi connectivity index (χ2n) is 4.60. The van der Waals surface area contributed by atoms with Crippen molar-refractivity contribution in [1.82, 2.24) is 0 Å². The summed E-state index contributed by atoms with van der Waals surface area (Å²) in [5.74, 6) is 0. The standard InChI is InChI=1S/C16H17P.BH3/c1-3-8-14(9-4-1)16-12-7-13-17(16)15-10-5-2-6-11-15;/h1-6,8-11,16H,7,12-13H2;1H3/t16?,17-;/m1./s1. The lowest BCUT2D eigenvalue weighted by atomic mass is 10.1. The zero-order valence-electron chi connectivity index (χ0n) is 9.92. The molecule has 18 heavy (non-hydrogen) atoms. The molecule has 1 aliphatic heterocycles. The Bertz CT molecular complexity index is 423. The van der Waals surface area contributed by atoms with Gasteiger partial charge in [-0.25, -0.2) is 0 Å². The smallest absolute Gasteiger partial charge is 0.0677 e. The molecule has 1 aliphatic rings. The average Bonchev–Trinajstić information content (AvgIpc) is 2.90. The van der Waals surface area contributed by atoms with Crippen molar-refractivity contribution in [2.75, 3.05) is 6.16 Å². The second-order valence-corrected chi connectivity index (χ2v) is 7.12. The molecule has 2 aromatic rings. The quantitative estimate of drug-likeness (QED) is 0.570. The highest BCUT2D eigenvalue weighted by atomic mass is 31.1.